The molecule has 0 heterocycles. The molecule has 0 spiro atoms. The number of thioether (sulfide) groups is 1. The van der Waals surface area contributed by atoms with Crippen molar-refractivity contribution in [3.63, 3.8) is 0 Å². The summed E-state index contributed by atoms with van der Waals surface area (Å²) in [4.78, 5) is 0. The molecule has 0 fully saturated rings. The Kier molecular flexibility index (Phi) is 4.63. The van der Waals surface area contributed by atoms with Gasteiger partial charge in [-0.05, 0) is 35.4 Å². The van der Waals surface area contributed by atoms with Gasteiger partial charge in [0.1, 0.15) is 0 Å². The minimum Gasteiger partial charge on any atom is -0.398 e. The van der Waals surface area contributed by atoms with Gasteiger partial charge in [0.15, 0.2) is 0 Å². The molecule has 0 saturated carbocycles. The molecule has 0 unspecified atom stereocenters. The van der Waals surface area contributed by atoms with Crippen molar-refractivity contribution < 1.29 is 0 Å². The second-order valence-corrected chi connectivity index (χ2v) is 5.22. The van der Waals surface area contributed by atoms with E-state index in [4.69, 9.17) is 17.3 Å². The standard InChI is InChI=1S/C11H16ClNS/c1-8(2)6-14-7-9-5-10(12)3-4-11(9)13/h3-5,8H,6-7,13H2,1-2H3. The summed E-state index contributed by atoms with van der Waals surface area (Å²) in [5.74, 6) is 2.83. The van der Waals surface area contributed by atoms with E-state index in [1.165, 1.54) is 0 Å². The monoisotopic (exact) mass is 229 g/mol. The summed E-state index contributed by atoms with van der Waals surface area (Å²) in [6, 6.07) is 5.64. The van der Waals surface area contributed by atoms with Gasteiger partial charge in [0.05, 0.1) is 0 Å². The SMILES string of the molecule is CC(C)CSCc1cc(Cl)ccc1N. The van der Waals surface area contributed by atoms with Gasteiger partial charge in [0.2, 0.25) is 0 Å². The number of rotatable bonds is 4. The number of halogens is 1. The van der Waals surface area contributed by atoms with Gasteiger partial charge in [-0.1, -0.05) is 25.4 Å². The third kappa shape index (κ3) is 3.81. The first-order valence-corrected chi connectivity index (χ1v) is 6.24. The second-order valence-electron chi connectivity index (χ2n) is 3.75. The number of anilines is 1. The Hall–Kier alpha value is -0.340. The second kappa shape index (κ2) is 5.52. The maximum atomic E-state index is 5.89. The number of nitrogen functional groups attached to an aromatic ring is 1. The summed E-state index contributed by atoms with van der Waals surface area (Å²) in [6.07, 6.45) is 0. The largest absolute Gasteiger partial charge is 0.398 e. The Morgan fingerprint density at radius 2 is 2.14 bits per heavy atom. The number of hydrogen-bond donors (Lipinski definition) is 1. The lowest BCUT2D eigenvalue weighted by molar-refractivity contribution is 0.750. The van der Waals surface area contributed by atoms with Crippen LogP contribution in [0, 0.1) is 5.92 Å². The van der Waals surface area contributed by atoms with Crippen molar-refractivity contribution in [2.45, 2.75) is 19.6 Å². The molecule has 0 amide bonds. The van der Waals surface area contributed by atoms with E-state index in [1.54, 1.807) is 0 Å². The molecule has 0 aromatic heterocycles. The highest BCUT2D eigenvalue weighted by Gasteiger charge is 2.01. The maximum Gasteiger partial charge on any atom is 0.0410 e. The average Bonchev–Trinajstić information content (AvgIpc) is 2.10. The molecule has 0 saturated heterocycles. The van der Waals surface area contributed by atoms with E-state index in [2.05, 4.69) is 13.8 Å². The fourth-order valence-corrected chi connectivity index (χ4v) is 2.36. The molecule has 1 aromatic rings. The molecular formula is C11H16ClNS. The van der Waals surface area contributed by atoms with E-state index in [0.29, 0.717) is 0 Å². The van der Waals surface area contributed by atoms with Crippen LogP contribution in [-0.2, 0) is 5.75 Å². The highest BCUT2D eigenvalue weighted by atomic mass is 35.5. The normalized spacial score (nSPS) is 10.9. The van der Waals surface area contributed by atoms with Crippen molar-refractivity contribution in [1.29, 1.82) is 0 Å². The van der Waals surface area contributed by atoms with Crippen LogP contribution in [0.15, 0.2) is 18.2 Å². The van der Waals surface area contributed by atoms with E-state index >= 15 is 0 Å². The fraction of sp³-hybridized carbons (Fsp3) is 0.455. The maximum absolute atomic E-state index is 5.89. The Labute approximate surface area is 95.0 Å². The lowest BCUT2D eigenvalue weighted by Gasteiger charge is -2.07. The van der Waals surface area contributed by atoms with Crippen LogP contribution in [-0.4, -0.2) is 5.75 Å². The number of hydrogen-bond acceptors (Lipinski definition) is 2. The fourth-order valence-electron chi connectivity index (χ4n) is 1.10. The van der Waals surface area contributed by atoms with Crippen LogP contribution in [0.5, 0.6) is 0 Å². The molecule has 1 aromatic carbocycles. The van der Waals surface area contributed by atoms with E-state index in [0.717, 1.165) is 33.7 Å². The lowest BCUT2D eigenvalue weighted by atomic mass is 10.2. The van der Waals surface area contributed by atoms with Crippen molar-refractivity contribution >= 4 is 29.1 Å². The Bertz CT molecular complexity index is 299. The van der Waals surface area contributed by atoms with Gasteiger partial charge in [0.25, 0.3) is 0 Å². The van der Waals surface area contributed by atoms with E-state index < -0.39 is 0 Å². The molecule has 0 aliphatic heterocycles. The molecule has 14 heavy (non-hydrogen) atoms. The van der Waals surface area contributed by atoms with Crippen molar-refractivity contribution in [3.05, 3.63) is 28.8 Å². The summed E-state index contributed by atoms with van der Waals surface area (Å²) in [6.45, 7) is 4.43. The molecule has 3 heteroatoms. The minimum absolute atomic E-state index is 0.723. The van der Waals surface area contributed by atoms with Gasteiger partial charge in [-0.25, -0.2) is 0 Å². The summed E-state index contributed by atoms with van der Waals surface area (Å²) in [5, 5.41) is 0.763. The Morgan fingerprint density at radius 3 is 2.79 bits per heavy atom. The highest BCUT2D eigenvalue weighted by Crippen LogP contribution is 2.23. The molecule has 0 bridgehead atoms. The van der Waals surface area contributed by atoms with Gasteiger partial charge >= 0.3 is 0 Å². The van der Waals surface area contributed by atoms with E-state index in [1.807, 2.05) is 30.0 Å². The van der Waals surface area contributed by atoms with Crippen molar-refractivity contribution in [2.75, 3.05) is 11.5 Å². The van der Waals surface area contributed by atoms with Gasteiger partial charge in [-0.3, -0.25) is 0 Å². The van der Waals surface area contributed by atoms with Gasteiger partial charge < -0.3 is 5.73 Å². The Balaban J connectivity index is 2.53. The van der Waals surface area contributed by atoms with Crippen LogP contribution >= 0.6 is 23.4 Å². The average molecular weight is 230 g/mol. The number of nitrogens with two attached hydrogens (primary N) is 1. The van der Waals surface area contributed by atoms with E-state index in [-0.39, 0.29) is 0 Å². The van der Waals surface area contributed by atoms with E-state index in [9.17, 15) is 0 Å². The predicted molar refractivity (Wildman–Crippen MR) is 66.9 cm³/mol. The first kappa shape index (κ1) is 11.7. The summed E-state index contributed by atoms with van der Waals surface area (Å²) >= 11 is 7.79. The van der Waals surface area contributed by atoms with Gasteiger partial charge in [-0.2, -0.15) is 11.8 Å². The Morgan fingerprint density at radius 1 is 1.43 bits per heavy atom. The third-order valence-corrected chi connectivity index (χ3v) is 3.47. The molecule has 0 radical (unpaired) electrons. The van der Waals surface area contributed by atoms with Crippen LogP contribution in [0.25, 0.3) is 0 Å². The lowest BCUT2D eigenvalue weighted by Crippen LogP contribution is -1.95. The first-order valence-electron chi connectivity index (χ1n) is 4.71. The topological polar surface area (TPSA) is 26.0 Å². The molecule has 1 nitrogen and oxygen atoms in total. The van der Waals surface area contributed by atoms with Crippen molar-refractivity contribution in [2.24, 2.45) is 5.92 Å². The minimum atomic E-state index is 0.723. The van der Waals surface area contributed by atoms with Crippen LogP contribution < -0.4 is 5.73 Å². The molecule has 0 aliphatic rings. The zero-order valence-corrected chi connectivity index (χ0v) is 10.2. The molecule has 0 aliphatic carbocycles. The van der Waals surface area contributed by atoms with Gasteiger partial charge in [-0.15, -0.1) is 0 Å². The molecular weight excluding hydrogens is 214 g/mol. The van der Waals surface area contributed by atoms with Crippen LogP contribution in [0.2, 0.25) is 5.02 Å². The third-order valence-electron chi connectivity index (χ3n) is 1.81. The molecule has 2 N–H and O–H groups in total. The smallest absolute Gasteiger partial charge is 0.0410 e. The molecule has 0 atom stereocenters. The van der Waals surface area contributed by atoms with Crippen LogP contribution in [0.3, 0.4) is 0 Å². The van der Waals surface area contributed by atoms with Crippen molar-refractivity contribution in [1.82, 2.24) is 0 Å². The first-order chi connectivity index (χ1) is 6.59. The van der Waals surface area contributed by atoms with Crippen LogP contribution in [0.4, 0.5) is 5.69 Å². The zero-order valence-electron chi connectivity index (χ0n) is 8.59. The number of benzene rings is 1. The zero-order chi connectivity index (χ0) is 10.6. The summed E-state index contributed by atoms with van der Waals surface area (Å²) in [5.41, 5.74) is 7.81. The molecule has 78 valence electrons. The van der Waals surface area contributed by atoms with Crippen LogP contribution in [0.1, 0.15) is 19.4 Å². The highest BCUT2D eigenvalue weighted by molar-refractivity contribution is 7.98. The summed E-state index contributed by atoms with van der Waals surface area (Å²) in [7, 11) is 0. The van der Waals surface area contributed by atoms with Gasteiger partial charge in [0, 0.05) is 16.5 Å². The predicted octanol–water partition coefficient (Wildman–Crippen LogP) is 3.81. The van der Waals surface area contributed by atoms with Crippen molar-refractivity contribution in [3.8, 4) is 0 Å². The quantitative estimate of drug-likeness (QED) is 0.795. The summed E-state index contributed by atoms with van der Waals surface area (Å²) < 4.78 is 0. The molecule has 1 rings (SSSR count).